The van der Waals surface area contributed by atoms with Crippen molar-refractivity contribution >= 4 is 68.1 Å². The van der Waals surface area contributed by atoms with Crippen LogP contribution in [0.1, 0.15) is 140 Å². The molecule has 12 nitrogen and oxygen atoms in total. The Balaban J connectivity index is 2.13. The number of nitrogens with zero attached hydrogens (tertiary/aromatic N) is 8. The van der Waals surface area contributed by atoms with E-state index in [0.717, 1.165) is 49.2 Å². The Morgan fingerprint density at radius 3 is 1.05 bits per heavy atom. The number of anilines is 2. The van der Waals surface area contributed by atoms with Gasteiger partial charge in [-0.2, -0.15) is 26.3 Å². The number of allylic oxidation sites excluding steroid dienone is 4. The molecule has 3 aromatic heterocycles. The van der Waals surface area contributed by atoms with E-state index in [2.05, 4.69) is 28.8 Å². The molecule has 0 unspecified atom stereocenters. The number of fused-ring (bicyclic) bond motifs is 8. The first-order chi connectivity index (χ1) is 27.4. The van der Waals surface area contributed by atoms with Gasteiger partial charge in [0.25, 0.3) is 0 Å². The number of halogens is 6. The van der Waals surface area contributed by atoms with Crippen LogP contribution in [0, 0.1) is 0 Å². The standard InChI is InChI=1S/C40H50F6N10O2/c1-9-15-21-22(16-10-2)30-47-29(21)48-31-23(17-11-3)25(19-13-5)33(50-31)52-35-27(55(7)37(57)39(41,42)43)28(56(8)38(58)40(44,45)46)36(54-35)53-34-26(20-14-6)24(18-12-4)32(49-30)51-34/h9-20H2,1-8H3,(H2,47,48,49,50,51,52,53,54). The summed E-state index contributed by atoms with van der Waals surface area (Å²) in [6.45, 7) is 11.9. The largest absolute Gasteiger partial charge is 0.471 e. The Bertz CT molecular complexity index is 2290. The lowest BCUT2D eigenvalue weighted by Gasteiger charge is -2.24. The van der Waals surface area contributed by atoms with Crippen LogP contribution in [0.5, 0.6) is 0 Å². The Hall–Kier alpha value is -5.16. The summed E-state index contributed by atoms with van der Waals surface area (Å²) in [4.78, 5) is 61.5. The fourth-order valence-corrected chi connectivity index (χ4v) is 7.47. The summed E-state index contributed by atoms with van der Waals surface area (Å²) in [6.07, 6.45) is -3.49. The zero-order valence-corrected chi connectivity index (χ0v) is 34.1. The first-order valence-electron chi connectivity index (χ1n) is 19.9. The average Bonchev–Trinajstić information content (AvgIpc) is 3.86. The molecule has 0 atom stereocenters. The second-order valence-corrected chi connectivity index (χ2v) is 14.4. The van der Waals surface area contributed by atoms with Crippen LogP contribution in [-0.2, 0) is 22.4 Å². The maximum absolute atomic E-state index is 14.1. The Morgan fingerprint density at radius 2 is 0.724 bits per heavy atom. The minimum Gasteiger partial charge on any atom is -0.324 e. The third-order valence-electron chi connectivity index (χ3n) is 9.95. The molecule has 2 amide bonds. The number of alkyl halides is 6. The Kier molecular flexibility index (Phi) is 13.5. The van der Waals surface area contributed by atoms with E-state index in [4.69, 9.17) is 24.9 Å². The van der Waals surface area contributed by atoms with Crippen molar-refractivity contribution in [3.63, 3.8) is 0 Å². The second-order valence-electron chi connectivity index (χ2n) is 14.4. The highest BCUT2D eigenvalue weighted by molar-refractivity contribution is 6.12. The van der Waals surface area contributed by atoms with Crippen LogP contribution in [0.2, 0.25) is 0 Å². The molecule has 3 aromatic rings. The van der Waals surface area contributed by atoms with Crippen molar-refractivity contribution in [1.82, 2.24) is 39.9 Å². The number of hydrogen-bond acceptors (Lipinski definition) is 8. The van der Waals surface area contributed by atoms with Gasteiger partial charge in [-0.3, -0.25) is 9.59 Å². The van der Waals surface area contributed by atoms with Crippen LogP contribution >= 0.6 is 0 Å². The van der Waals surface area contributed by atoms with E-state index in [0.29, 0.717) is 98.5 Å². The van der Waals surface area contributed by atoms with Crippen LogP contribution < -0.4 is 9.80 Å². The van der Waals surface area contributed by atoms with Gasteiger partial charge in [0, 0.05) is 47.5 Å². The summed E-state index contributed by atoms with van der Waals surface area (Å²) in [5, 5.41) is 0. The van der Waals surface area contributed by atoms with Gasteiger partial charge in [0.2, 0.25) is 0 Å². The number of carbonyl (C=O) groups is 2. The molecule has 5 heterocycles. The number of amides is 2. The molecule has 18 heteroatoms. The summed E-state index contributed by atoms with van der Waals surface area (Å²) in [5.41, 5.74) is 2.82. The molecule has 8 bridgehead atoms. The molecule has 0 saturated heterocycles. The van der Waals surface area contributed by atoms with Gasteiger partial charge in [0.05, 0.1) is 0 Å². The van der Waals surface area contributed by atoms with E-state index in [1.165, 1.54) is 0 Å². The first kappa shape index (κ1) is 44.0. The van der Waals surface area contributed by atoms with Crippen molar-refractivity contribution in [1.29, 1.82) is 0 Å². The topological polar surface area (TPSA) is 150 Å². The van der Waals surface area contributed by atoms with E-state index in [1.54, 1.807) is 0 Å². The molecule has 0 fully saturated rings. The normalized spacial score (nSPS) is 13.5. The van der Waals surface area contributed by atoms with Gasteiger partial charge in [-0.15, -0.1) is 0 Å². The molecule has 0 spiro atoms. The van der Waals surface area contributed by atoms with E-state index in [9.17, 15) is 35.9 Å². The number of aromatic amines is 2. The summed E-state index contributed by atoms with van der Waals surface area (Å²) >= 11 is 0. The van der Waals surface area contributed by atoms with Gasteiger partial charge in [-0.25, -0.2) is 29.9 Å². The molecule has 314 valence electrons. The van der Waals surface area contributed by atoms with Crippen LogP contribution in [0.25, 0.3) is 44.9 Å². The number of aromatic nitrogens is 8. The highest BCUT2D eigenvalue weighted by Crippen LogP contribution is 2.42. The van der Waals surface area contributed by atoms with Gasteiger partial charge >= 0.3 is 24.2 Å². The summed E-state index contributed by atoms with van der Waals surface area (Å²) in [6, 6.07) is 0. The third kappa shape index (κ3) is 8.65. The summed E-state index contributed by atoms with van der Waals surface area (Å²) in [5.74, 6) is -3.60. The summed E-state index contributed by atoms with van der Waals surface area (Å²) in [7, 11) is 1.51. The zero-order valence-electron chi connectivity index (χ0n) is 34.1. The molecule has 2 aliphatic heterocycles. The SMILES string of the molecule is CCCC1=C(CCC)c2nc1nc1nc(nc3[nH]c(nc4[nH]c(n2)c(CCC)c4CCC)c(N(C)C(=O)C(F)(F)F)c3N(C)C(=O)C(F)(F)F)C(CCC)=C1CCC. The van der Waals surface area contributed by atoms with E-state index < -0.39 is 46.8 Å². The fraction of sp³-hybridized carbons (Fsp3) is 0.550. The molecule has 5 rings (SSSR count). The summed E-state index contributed by atoms with van der Waals surface area (Å²) < 4.78 is 84.8. The monoisotopic (exact) mass is 816 g/mol. The lowest BCUT2D eigenvalue weighted by molar-refractivity contribution is -0.170. The van der Waals surface area contributed by atoms with Gasteiger partial charge < -0.3 is 19.8 Å². The maximum atomic E-state index is 14.1. The number of rotatable bonds is 14. The number of hydrogen-bond donors (Lipinski definition) is 2. The van der Waals surface area contributed by atoms with Gasteiger partial charge in [0.1, 0.15) is 22.7 Å². The quantitative estimate of drug-likeness (QED) is 0.153. The van der Waals surface area contributed by atoms with Crippen LogP contribution in [-0.4, -0.2) is 78.1 Å². The van der Waals surface area contributed by atoms with Crippen LogP contribution in [0.3, 0.4) is 0 Å². The second kappa shape index (κ2) is 17.8. The number of carbonyl (C=O) groups excluding carboxylic acids is 2. The van der Waals surface area contributed by atoms with Crippen LogP contribution in [0.15, 0.2) is 0 Å². The molecular formula is C40H50F6N10O2. The minimum atomic E-state index is -5.46. The van der Waals surface area contributed by atoms with Crippen molar-refractivity contribution in [2.75, 3.05) is 23.9 Å². The Labute approximate surface area is 332 Å². The number of nitrogens with one attached hydrogen (secondary N) is 2. The fourth-order valence-electron chi connectivity index (χ4n) is 7.47. The number of aryl methyl sites for hydroxylation is 2. The molecule has 0 aromatic carbocycles. The van der Waals surface area contributed by atoms with Crippen molar-refractivity contribution in [3.8, 4) is 0 Å². The zero-order chi connectivity index (χ0) is 42.7. The molecule has 2 aliphatic rings. The lowest BCUT2D eigenvalue weighted by Crippen LogP contribution is -2.41. The molecular weight excluding hydrogens is 766 g/mol. The maximum Gasteiger partial charge on any atom is 0.471 e. The predicted octanol–water partition coefficient (Wildman–Crippen LogP) is 9.87. The molecule has 0 radical (unpaired) electrons. The Morgan fingerprint density at radius 1 is 0.448 bits per heavy atom. The van der Waals surface area contributed by atoms with E-state index in [1.807, 2.05) is 27.7 Å². The highest BCUT2D eigenvalue weighted by Gasteiger charge is 2.46. The van der Waals surface area contributed by atoms with Gasteiger partial charge in [0.15, 0.2) is 34.6 Å². The number of H-pyrrole nitrogens is 2. The molecule has 0 saturated carbocycles. The van der Waals surface area contributed by atoms with Gasteiger partial charge in [-0.05, 0) is 38.5 Å². The predicted molar refractivity (Wildman–Crippen MR) is 212 cm³/mol. The first-order valence-corrected chi connectivity index (χ1v) is 19.9. The average molecular weight is 817 g/mol. The third-order valence-corrected chi connectivity index (χ3v) is 9.95. The van der Waals surface area contributed by atoms with Crippen molar-refractivity contribution < 1.29 is 35.9 Å². The minimum absolute atomic E-state index is 0.0377. The van der Waals surface area contributed by atoms with Crippen molar-refractivity contribution in [2.24, 2.45) is 0 Å². The molecule has 0 aliphatic carbocycles. The van der Waals surface area contributed by atoms with Gasteiger partial charge in [-0.1, -0.05) is 80.1 Å². The van der Waals surface area contributed by atoms with Crippen molar-refractivity contribution in [2.45, 2.75) is 131 Å². The van der Waals surface area contributed by atoms with Crippen molar-refractivity contribution in [3.05, 3.63) is 34.4 Å². The highest BCUT2D eigenvalue weighted by atomic mass is 19.4. The van der Waals surface area contributed by atoms with E-state index >= 15 is 0 Å². The van der Waals surface area contributed by atoms with Crippen LogP contribution in [0.4, 0.5) is 37.7 Å². The smallest absolute Gasteiger partial charge is 0.324 e. The van der Waals surface area contributed by atoms with E-state index in [-0.39, 0.29) is 21.3 Å². The molecule has 2 N–H and O–H groups in total. The lowest BCUT2D eigenvalue weighted by atomic mass is 10.00. The molecule has 58 heavy (non-hydrogen) atoms.